The highest BCUT2D eigenvalue weighted by atomic mass is 32.2. The predicted molar refractivity (Wildman–Crippen MR) is 75.8 cm³/mol. The Morgan fingerprint density at radius 3 is 2.33 bits per heavy atom. The number of carbonyl (C=O) groups is 1. The number of hydrogen-bond acceptors (Lipinski definition) is 7. The third-order valence-corrected chi connectivity index (χ3v) is 4.14. The molecule has 9 heteroatoms. The minimum Gasteiger partial charge on any atom is -0.495 e. The van der Waals surface area contributed by atoms with Gasteiger partial charge < -0.3 is 19.9 Å². The van der Waals surface area contributed by atoms with Crippen LogP contribution >= 0.6 is 0 Å². The van der Waals surface area contributed by atoms with Gasteiger partial charge in [0, 0.05) is 12.6 Å². The van der Waals surface area contributed by atoms with Gasteiger partial charge in [-0.05, 0) is 6.07 Å². The highest BCUT2D eigenvalue weighted by Gasteiger charge is 2.22. The van der Waals surface area contributed by atoms with E-state index in [9.17, 15) is 13.2 Å². The Hall–Kier alpha value is -2.00. The minimum absolute atomic E-state index is 0.0797. The summed E-state index contributed by atoms with van der Waals surface area (Å²) in [6.07, 6.45) is -0.0797. The van der Waals surface area contributed by atoms with Gasteiger partial charge in [0.15, 0.2) is 0 Å². The van der Waals surface area contributed by atoms with Crippen LogP contribution in [-0.4, -0.2) is 42.3 Å². The number of esters is 1. The third kappa shape index (κ3) is 4.23. The molecule has 0 spiro atoms. The number of ether oxygens (including phenoxy) is 3. The van der Waals surface area contributed by atoms with E-state index in [0.717, 1.165) is 0 Å². The number of methoxy groups -OCH3 is 3. The molecule has 0 aliphatic rings. The van der Waals surface area contributed by atoms with Gasteiger partial charge in [0.05, 0.1) is 33.4 Å². The topological polar surface area (TPSA) is 117 Å². The molecule has 0 saturated carbocycles. The number of benzene rings is 1. The molecule has 0 bridgehead atoms. The summed E-state index contributed by atoms with van der Waals surface area (Å²) in [4.78, 5) is 10.8. The van der Waals surface area contributed by atoms with Crippen molar-refractivity contribution in [3.05, 3.63) is 12.1 Å². The zero-order chi connectivity index (χ0) is 16.0. The highest BCUT2D eigenvalue weighted by molar-refractivity contribution is 7.89. The second kappa shape index (κ2) is 7.14. The van der Waals surface area contributed by atoms with Gasteiger partial charge in [0.1, 0.15) is 16.4 Å². The normalized spacial score (nSPS) is 11.0. The van der Waals surface area contributed by atoms with E-state index in [4.69, 9.17) is 15.2 Å². The molecule has 3 N–H and O–H groups in total. The first-order valence-corrected chi connectivity index (χ1v) is 7.42. The van der Waals surface area contributed by atoms with Crippen molar-refractivity contribution in [2.75, 3.05) is 33.6 Å². The summed E-state index contributed by atoms with van der Waals surface area (Å²) < 4.78 is 41.1. The lowest BCUT2D eigenvalue weighted by molar-refractivity contribution is -0.140. The minimum atomic E-state index is -3.87. The quantitative estimate of drug-likeness (QED) is 0.542. The van der Waals surface area contributed by atoms with Crippen LogP contribution < -0.4 is 19.9 Å². The summed E-state index contributed by atoms with van der Waals surface area (Å²) in [6.45, 7) is -0.0932. The molecular weight excluding hydrogens is 300 g/mol. The summed E-state index contributed by atoms with van der Waals surface area (Å²) in [5.74, 6) is -0.120. The molecular formula is C12H18N2O6S. The molecule has 0 aromatic heterocycles. The van der Waals surface area contributed by atoms with E-state index in [-0.39, 0.29) is 29.3 Å². The van der Waals surface area contributed by atoms with Crippen LogP contribution in [0.5, 0.6) is 11.5 Å². The van der Waals surface area contributed by atoms with Crippen molar-refractivity contribution in [1.82, 2.24) is 4.72 Å². The first-order chi connectivity index (χ1) is 9.85. The first-order valence-electron chi connectivity index (χ1n) is 5.93. The summed E-state index contributed by atoms with van der Waals surface area (Å²) in [7, 11) is 0.0959. The summed E-state index contributed by atoms with van der Waals surface area (Å²) >= 11 is 0. The molecule has 1 aromatic carbocycles. The van der Waals surface area contributed by atoms with E-state index < -0.39 is 16.0 Å². The number of rotatable bonds is 7. The van der Waals surface area contributed by atoms with Crippen LogP contribution in [0.3, 0.4) is 0 Å². The van der Waals surface area contributed by atoms with E-state index >= 15 is 0 Å². The van der Waals surface area contributed by atoms with Crippen LogP contribution in [-0.2, 0) is 19.6 Å². The summed E-state index contributed by atoms with van der Waals surface area (Å²) in [5.41, 5.74) is 5.86. The fraction of sp³-hybridized carbons (Fsp3) is 0.417. The Kier molecular flexibility index (Phi) is 5.79. The molecule has 1 aromatic rings. The molecule has 0 unspecified atom stereocenters. The standard InChI is InChI=1S/C12H18N2O6S/c1-18-9-7-10(19-2)11(6-8(9)13)21(16,17)14-5-4-12(15)20-3/h6-7,14H,4-5,13H2,1-3H3. The number of nitrogen functional groups attached to an aromatic ring is 1. The van der Waals surface area contributed by atoms with E-state index in [1.807, 2.05) is 0 Å². The first kappa shape index (κ1) is 17.1. The van der Waals surface area contributed by atoms with Crippen molar-refractivity contribution >= 4 is 21.7 Å². The summed E-state index contributed by atoms with van der Waals surface area (Å²) in [6, 6.07) is 2.61. The zero-order valence-electron chi connectivity index (χ0n) is 12.0. The van der Waals surface area contributed by atoms with Crippen LogP contribution in [0.25, 0.3) is 0 Å². The van der Waals surface area contributed by atoms with Crippen molar-refractivity contribution < 1.29 is 27.4 Å². The number of nitrogens with two attached hydrogens (primary N) is 1. The van der Waals surface area contributed by atoms with Crippen LogP contribution in [0.2, 0.25) is 0 Å². The number of nitrogens with one attached hydrogen (secondary N) is 1. The fourth-order valence-corrected chi connectivity index (χ4v) is 2.79. The molecule has 21 heavy (non-hydrogen) atoms. The monoisotopic (exact) mass is 318 g/mol. The average Bonchev–Trinajstić information content (AvgIpc) is 2.46. The molecule has 0 radical (unpaired) electrons. The predicted octanol–water partition coefficient (Wildman–Crippen LogP) is 0.127. The molecule has 0 heterocycles. The van der Waals surface area contributed by atoms with Crippen molar-refractivity contribution in [2.24, 2.45) is 0 Å². The van der Waals surface area contributed by atoms with Crippen molar-refractivity contribution in [3.8, 4) is 11.5 Å². The van der Waals surface area contributed by atoms with E-state index in [1.54, 1.807) is 0 Å². The van der Waals surface area contributed by atoms with Crippen LogP contribution in [0, 0.1) is 0 Å². The smallest absolute Gasteiger partial charge is 0.306 e. The molecule has 8 nitrogen and oxygen atoms in total. The summed E-state index contributed by atoms with van der Waals surface area (Å²) in [5, 5.41) is 0. The van der Waals surface area contributed by atoms with Crippen molar-refractivity contribution in [3.63, 3.8) is 0 Å². The van der Waals surface area contributed by atoms with Gasteiger partial charge in [-0.25, -0.2) is 13.1 Å². The van der Waals surface area contributed by atoms with E-state index in [1.165, 1.54) is 33.5 Å². The number of anilines is 1. The Morgan fingerprint density at radius 2 is 1.81 bits per heavy atom. The third-order valence-electron chi connectivity index (χ3n) is 2.65. The van der Waals surface area contributed by atoms with E-state index in [2.05, 4.69) is 9.46 Å². The second-order valence-corrected chi connectivity index (χ2v) is 5.70. The fourth-order valence-electron chi connectivity index (χ4n) is 1.57. The lowest BCUT2D eigenvalue weighted by Crippen LogP contribution is -2.27. The second-order valence-electron chi connectivity index (χ2n) is 3.97. The van der Waals surface area contributed by atoms with Crippen molar-refractivity contribution in [2.45, 2.75) is 11.3 Å². The van der Waals surface area contributed by atoms with Gasteiger partial charge in [-0.3, -0.25) is 4.79 Å². The number of hydrogen-bond donors (Lipinski definition) is 2. The van der Waals surface area contributed by atoms with Crippen LogP contribution in [0.15, 0.2) is 17.0 Å². The lowest BCUT2D eigenvalue weighted by atomic mass is 10.3. The molecule has 0 fully saturated rings. The molecule has 0 atom stereocenters. The number of carbonyl (C=O) groups excluding carboxylic acids is 1. The molecule has 0 aliphatic carbocycles. The lowest BCUT2D eigenvalue weighted by Gasteiger charge is -2.13. The maximum Gasteiger partial charge on any atom is 0.306 e. The van der Waals surface area contributed by atoms with Gasteiger partial charge >= 0.3 is 5.97 Å². The maximum absolute atomic E-state index is 12.2. The molecule has 0 aliphatic heterocycles. The van der Waals surface area contributed by atoms with Gasteiger partial charge in [0.2, 0.25) is 10.0 Å². The number of sulfonamides is 1. The van der Waals surface area contributed by atoms with E-state index in [0.29, 0.717) is 5.75 Å². The molecule has 118 valence electrons. The SMILES string of the molecule is COC(=O)CCNS(=O)(=O)c1cc(N)c(OC)cc1OC. The molecule has 1 rings (SSSR count). The Bertz CT molecular complexity index is 614. The zero-order valence-corrected chi connectivity index (χ0v) is 12.8. The maximum atomic E-state index is 12.2. The highest BCUT2D eigenvalue weighted by Crippen LogP contribution is 2.33. The average molecular weight is 318 g/mol. The van der Waals surface area contributed by atoms with Crippen LogP contribution in [0.1, 0.15) is 6.42 Å². The molecule has 0 amide bonds. The molecule has 0 saturated heterocycles. The van der Waals surface area contributed by atoms with Crippen LogP contribution in [0.4, 0.5) is 5.69 Å². The van der Waals surface area contributed by atoms with Crippen molar-refractivity contribution in [1.29, 1.82) is 0 Å². The van der Waals surface area contributed by atoms with Gasteiger partial charge in [0.25, 0.3) is 0 Å². The van der Waals surface area contributed by atoms with Gasteiger partial charge in [-0.2, -0.15) is 0 Å². The Balaban J connectivity index is 3.02. The Morgan fingerprint density at radius 1 is 1.19 bits per heavy atom. The van der Waals surface area contributed by atoms with Gasteiger partial charge in [-0.15, -0.1) is 0 Å². The van der Waals surface area contributed by atoms with Gasteiger partial charge in [-0.1, -0.05) is 0 Å². The largest absolute Gasteiger partial charge is 0.495 e. The Labute approximate surface area is 123 Å².